The van der Waals surface area contributed by atoms with Crippen LogP contribution >= 0.6 is 0 Å². The van der Waals surface area contributed by atoms with Gasteiger partial charge in [-0.3, -0.25) is 0 Å². The second-order valence-electron chi connectivity index (χ2n) is 7.39. The number of hydrogen-bond acceptors (Lipinski definition) is 5. The molecule has 3 aromatic carbocycles. The molecule has 162 valence electrons. The minimum Gasteiger partial charge on any atom is -0.372 e. The summed E-state index contributed by atoms with van der Waals surface area (Å²) in [5, 5.41) is 0. The molecule has 0 atom stereocenters. The second-order valence-corrected chi connectivity index (χ2v) is 7.39. The van der Waals surface area contributed by atoms with Crippen LogP contribution in [0.5, 0.6) is 0 Å². The maximum atomic E-state index is 12.6. The van der Waals surface area contributed by atoms with Crippen molar-refractivity contribution in [3.8, 4) is 0 Å². The van der Waals surface area contributed by atoms with Gasteiger partial charge in [0.05, 0.1) is 28.3 Å². The molecule has 0 aromatic heterocycles. The average molecular weight is 427 g/mol. The lowest BCUT2D eigenvalue weighted by Crippen LogP contribution is -2.17. The van der Waals surface area contributed by atoms with Crippen molar-refractivity contribution in [3.05, 3.63) is 78.4 Å². The molecule has 1 saturated heterocycles. The first-order valence-electron chi connectivity index (χ1n) is 10.1. The molecule has 5 nitrogen and oxygen atoms in total. The van der Waals surface area contributed by atoms with Crippen LogP contribution in [0.25, 0.3) is 0 Å². The molecule has 1 heterocycles. The first kappa shape index (κ1) is 20.7. The molecule has 31 heavy (non-hydrogen) atoms. The van der Waals surface area contributed by atoms with E-state index in [0.29, 0.717) is 5.69 Å². The van der Waals surface area contributed by atoms with Gasteiger partial charge in [0, 0.05) is 18.8 Å². The van der Waals surface area contributed by atoms with Crippen LogP contribution in [0.4, 0.5) is 41.6 Å². The lowest BCUT2D eigenvalue weighted by atomic mass is 10.2. The fourth-order valence-electron chi connectivity index (χ4n) is 3.40. The third-order valence-corrected chi connectivity index (χ3v) is 5.14. The summed E-state index contributed by atoms with van der Waals surface area (Å²) < 4.78 is 37.8. The minimum atomic E-state index is -4.33. The lowest BCUT2D eigenvalue weighted by molar-refractivity contribution is -0.137. The summed E-state index contributed by atoms with van der Waals surface area (Å²) in [6.45, 7) is 2.25. The Balaban J connectivity index is 1.25. The van der Waals surface area contributed by atoms with Gasteiger partial charge in [0.25, 0.3) is 0 Å². The van der Waals surface area contributed by atoms with Crippen LogP contribution in [-0.2, 0) is 6.18 Å². The molecule has 4 rings (SSSR count). The van der Waals surface area contributed by atoms with E-state index < -0.39 is 11.7 Å². The molecule has 0 radical (unpaired) electrons. The van der Waals surface area contributed by atoms with Gasteiger partial charge in [-0.15, -0.1) is 0 Å². The number of alkyl halides is 3. The molecule has 8 heteroatoms. The van der Waals surface area contributed by atoms with E-state index >= 15 is 0 Å². The Kier molecular flexibility index (Phi) is 6.06. The molecule has 0 bridgehead atoms. The average Bonchev–Trinajstić information content (AvgIpc) is 3.32. The summed E-state index contributed by atoms with van der Waals surface area (Å²) in [6.07, 6.45) is -1.82. The highest BCUT2D eigenvalue weighted by atomic mass is 19.4. The Morgan fingerprint density at radius 2 is 0.903 bits per heavy atom. The second kappa shape index (κ2) is 9.07. The van der Waals surface area contributed by atoms with E-state index in [-0.39, 0.29) is 0 Å². The van der Waals surface area contributed by atoms with E-state index in [1.807, 2.05) is 36.4 Å². The molecule has 3 aromatic rings. The fraction of sp³-hybridized carbons (Fsp3) is 0.217. The topological polar surface area (TPSA) is 51.4 Å². The lowest BCUT2D eigenvalue weighted by Gasteiger charge is -2.18. The summed E-state index contributed by atoms with van der Waals surface area (Å²) in [4.78, 5) is 2.39. The number of nitrogens with zero attached hydrogens (tertiary/aromatic N) is 1. The fourth-order valence-corrected chi connectivity index (χ4v) is 3.40. The van der Waals surface area contributed by atoms with E-state index in [9.17, 15) is 13.2 Å². The Morgan fingerprint density at radius 3 is 1.29 bits per heavy atom. The Morgan fingerprint density at radius 1 is 0.548 bits per heavy atom. The number of hydrazine groups is 2. The van der Waals surface area contributed by atoms with Gasteiger partial charge in [-0.2, -0.15) is 13.2 Å². The first-order valence-corrected chi connectivity index (χ1v) is 10.1. The summed E-state index contributed by atoms with van der Waals surface area (Å²) in [7, 11) is 0. The van der Waals surface area contributed by atoms with Gasteiger partial charge in [-0.25, -0.2) is 0 Å². The summed E-state index contributed by atoms with van der Waals surface area (Å²) in [5.41, 5.74) is 15.9. The molecule has 1 aliphatic rings. The SMILES string of the molecule is FC(F)(F)c1ccc(NNc2ccc(NNc3ccc(N4CCCC4)cc3)cc2)cc1. The van der Waals surface area contributed by atoms with Crippen molar-refractivity contribution in [1.29, 1.82) is 0 Å². The molecule has 0 spiro atoms. The van der Waals surface area contributed by atoms with Crippen LogP contribution in [0.15, 0.2) is 72.8 Å². The number of halogens is 3. The van der Waals surface area contributed by atoms with Crippen molar-refractivity contribution in [2.75, 3.05) is 39.7 Å². The zero-order chi connectivity index (χ0) is 21.7. The Hall–Kier alpha value is -3.55. The van der Waals surface area contributed by atoms with E-state index in [1.165, 1.54) is 30.7 Å². The van der Waals surface area contributed by atoms with Gasteiger partial charge in [0.2, 0.25) is 0 Å². The van der Waals surface area contributed by atoms with Gasteiger partial charge < -0.3 is 26.6 Å². The third-order valence-electron chi connectivity index (χ3n) is 5.14. The standard InChI is InChI=1S/C23H24F3N5/c24-23(25,26)17-3-5-18(6-4-17)27-28-19-7-9-20(10-8-19)29-30-21-11-13-22(14-12-21)31-15-1-2-16-31/h3-14,27-30H,1-2,15-16H2. The molecule has 0 amide bonds. The van der Waals surface area contributed by atoms with Crippen LogP contribution in [-0.4, -0.2) is 13.1 Å². The highest BCUT2D eigenvalue weighted by Crippen LogP contribution is 2.30. The summed E-state index contributed by atoms with van der Waals surface area (Å²) in [6, 6.07) is 20.7. The third kappa shape index (κ3) is 5.53. The molecule has 0 unspecified atom stereocenters. The molecular weight excluding hydrogens is 403 g/mol. The molecule has 0 saturated carbocycles. The largest absolute Gasteiger partial charge is 0.416 e. The molecule has 1 fully saturated rings. The van der Waals surface area contributed by atoms with Gasteiger partial charge in [0.1, 0.15) is 0 Å². The van der Waals surface area contributed by atoms with Crippen LogP contribution in [0, 0.1) is 0 Å². The highest BCUT2D eigenvalue weighted by Gasteiger charge is 2.29. The van der Waals surface area contributed by atoms with E-state index in [4.69, 9.17) is 0 Å². The van der Waals surface area contributed by atoms with Crippen LogP contribution < -0.4 is 26.6 Å². The molecular formula is C23H24F3N5. The minimum absolute atomic E-state index is 0.536. The molecule has 4 N–H and O–H groups in total. The number of hydrogen-bond donors (Lipinski definition) is 4. The van der Waals surface area contributed by atoms with Crippen molar-refractivity contribution in [2.45, 2.75) is 19.0 Å². The summed E-state index contributed by atoms with van der Waals surface area (Å²) in [5.74, 6) is 0. The van der Waals surface area contributed by atoms with E-state index in [1.54, 1.807) is 0 Å². The van der Waals surface area contributed by atoms with Gasteiger partial charge in [-0.1, -0.05) is 0 Å². The van der Waals surface area contributed by atoms with Crippen molar-refractivity contribution in [1.82, 2.24) is 0 Å². The maximum Gasteiger partial charge on any atom is 0.416 e. The number of rotatable bonds is 7. The molecule has 0 aliphatic carbocycles. The van der Waals surface area contributed by atoms with Crippen molar-refractivity contribution in [3.63, 3.8) is 0 Å². The molecule has 1 aliphatic heterocycles. The van der Waals surface area contributed by atoms with Gasteiger partial charge >= 0.3 is 6.18 Å². The number of benzene rings is 3. The van der Waals surface area contributed by atoms with E-state index in [2.05, 4.69) is 38.7 Å². The zero-order valence-electron chi connectivity index (χ0n) is 16.8. The zero-order valence-corrected chi connectivity index (χ0v) is 16.8. The first-order chi connectivity index (χ1) is 15.0. The van der Waals surface area contributed by atoms with Crippen molar-refractivity contribution >= 4 is 28.4 Å². The predicted octanol–water partition coefficient (Wildman–Crippen LogP) is 6.18. The number of nitrogens with one attached hydrogen (secondary N) is 4. The quantitative estimate of drug-likeness (QED) is 0.339. The van der Waals surface area contributed by atoms with Gasteiger partial charge in [-0.05, 0) is 85.6 Å². The Bertz CT molecular complexity index is 964. The van der Waals surface area contributed by atoms with Crippen molar-refractivity contribution < 1.29 is 13.2 Å². The predicted molar refractivity (Wildman–Crippen MR) is 120 cm³/mol. The monoisotopic (exact) mass is 427 g/mol. The number of anilines is 5. The Labute approximate surface area is 179 Å². The maximum absolute atomic E-state index is 12.6. The van der Waals surface area contributed by atoms with Crippen LogP contribution in [0.3, 0.4) is 0 Å². The van der Waals surface area contributed by atoms with Crippen LogP contribution in [0.2, 0.25) is 0 Å². The van der Waals surface area contributed by atoms with Gasteiger partial charge in [0.15, 0.2) is 0 Å². The highest BCUT2D eigenvalue weighted by molar-refractivity contribution is 5.61. The van der Waals surface area contributed by atoms with E-state index in [0.717, 1.165) is 42.3 Å². The van der Waals surface area contributed by atoms with Crippen LogP contribution in [0.1, 0.15) is 18.4 Å². The normalized spacial score (nSPS) is 13.7. The summed E-state index contributed by atoms with van der Waals surface area (Å²) >= 11 is 0. The smallest absolute Gasteiger partial charge is 0.372 e. The van der Waals surface area contributed by atoms with Crippen molar-refractivity contribution in [2.24, 2.45) is 0 Å².